The van der Waals surface area contributed by atoms with E-state index in [4.69, 9.17) is 0 Å². The van der Waals surface area contributed by atoms with E-state index < -0.39 is 0 Å². The highest BCUT2D eigenvalue weighted by molar-refractivity contribution is 4.93. The van der Waals surface area contributed by atoms with Gasteiger partial charge >= 0.3 is 0 Å². The van der Waals surface area contributed by atoms with Gasteiger partial charge < -0.3 is 0 Å². The van der Waals surface area contributed by atoms with Crippen molar-refractivity contribution < 1.29 is 0 Å². The predicted molar refractivity (Wildman–Crippen MR) is 66.4 cm³/mol. The molecule has 0 aromatic rings. The lowest BCUT2D eigenvalue weighted by molar-refractivity contribution is 0.376. The minimum atomic E-state index is 0.379. The normalized spacial score (nSPS) is 12.6. The highest BCUT2D eigenvalue weighted by Gasteiger charge is 2.13. The Balaban J connectivity index is 3.95. The summed E-state index contributed by atoms with van der Waals surface area (Å²) in [5.41, 5.74) is 0.379. The van der Waals surface area contributed by atoms with E-state index >= 15 is 0 Å². The van der Waals surface area contributed by atoms with Gasteiger partial charge in [0.05, 0.1) is 0 Å². The molecule has 0 saturated carbocycles. The summed E-state index contributed by atoms with van der Waals surface area (Å²) in [6, 6.07) is 0. The Labute approximate surface area is 90.1 Å². The Morgan fingerprint density at radius 3 is 2.14 bits per heavy atom. The van der Waals surface area contributed by atoms with E-state index in [0.717, 1.165) is 18.8 Å². The first-order valence-corrected chi connectivity index (χ1v) is 5.83. The van der Waals surface area contributed by atoms with E-state index in [2.05, 4.69) is 46.4 Å². The third-order valence-corrected chi connectivity index (χ3v) is 2.82. The molecule has 0 atom stereocenters. The van der Waals surface area contributed by atoms with Gasteiger partial charge in [-0.3, -0.25) is 0 Å². The number of hydrogen-bond donors (Lipinski definition) is 0. The summed E-state index contributed by atoms with van der Waals surface area (Å²) in [5.74, 6) is 0.773. The average molecular weight is 194 g/mol. The van der Waals surface area contributed by atoms with Crippen molar-refractivity contribution in [1.29, 1.82) is 0 Å². The molecule has 0 heterocycles. The lowest BCUT2D eigenvalue weighted by Gasteiger charge is -2.20. The van der Waals surface area contributed by atoms with E-state index in [1.54, 1.807) is 0 Å². The standard InChI is InChI=1S/C14H26/c1-6-11-14(4,5)12-9-10-13(7-2)8-3/h6,9-10,13H,1,7-8,11-12H2,2-5H3. The van der Waals surface area contributed by atoms with Crippen molar-refractivity contribution >= 4 is 0 Å². The van der Waals surface area contributed by atoms with Crippen LogP contribution in [0.1, 0.15) is 53.4 Å². The molecular weight excluding hydrogens is 168 g/mol. The van der Waals surface area contributed by atoms with Crippen molar-refractivity contribution in [2.24, 2.45) is 11.3 Å². The summed E-state index contributed by atoms with van der Waals surface area (Å²) in [7, 11) is 0. The van der Waals surface area contributed by atoms with Crippen LogP contribution in [0.2, 0.25) is 0 Å². The quantitative estimate of drug-likeness (QED) is 0.502. The van der Waals surface area contributed by atoms with Gasteiger partial charge in [-0.15, -0.1) is 6.58 Å². The zero-order valence-corrected chi connectivity index (χ0v) is 10.3. The largest absolute Gasteiger partial charge is 0.103 e. The van der Waals surface area contributed by atoms with E-state index in [9.17, 15) is 0 Å². The molecule has 82 valence electrons. The second-order valence-corrected chi connectivity index (χ2v) is 4.87. The first-order valence-electron chi connectivity index (χ1n) is 5.83. The fourth-order valence-corrected chi connectivity index (χ4v) is 1.61. The molecule has 0 bridgehead atoms. The highest BCUT2D eigenvalue weighted by atomic mass is 14.2. The number of hydrogen-bond acceptors (Lipinski definition) is 0. The van der Waals surface area contributed by atoms with Gasteiger partial charge in [0.25, 0.3) is 0 Å². The Kier molecular flexibility index (Phi) is 6.61. The van der Waals surface area contributed by atoms with Crippen molar-refractivity contribution in [3.63, 3.8) is 0 Å². The molecule has 0 aliphatic rings. The van der Waals surface area contributed by atoms with Gasteiger partial charge in [0, 0.05) is 0 Å². The molecule has 0 amide bonds. The molecular formula is C14H26. The van der Waals surface area contributed by atoms with E-state index in [0.29, 0.717) is 5.41 Å². The van der Waals surface area contributed by atoms with Crippen molar-refractivity contribution in [1.82, 2.24) is 0 Å². The fourth-order valence-electron chi connectivity index (χ4n) is 1.61. The molecule has 0 aromatic carbocycles. The lowest BCUT2D eigenvalue weighted by atomic mass is 9.85. The van der Waals surface area contributed by atoms with Gasteiger partial charge in [0.15, 0.2) is 0 Å². The molecule has 0 rings (SSSR count). The van der Waals surface area contributed by atoms with Crippen molar-refractivity contribution in [2.45, 2.75) is 53.4 Å². The number of allylic oxidation sites excluding steroid dienone is 3. The SMILES string of the molecule is C=CCC(C)(C)CC=CC(CC)CC. The molecule has 14 heavy (non-hydrogen) atoms. The van der Waals surface area contributed by atoms with Crippen LogP contribution in [0.15, 0.2) is 24.8 Å². The zero-order valence-electron chi connectivity index (χ0n) is 10.3. The second kappa shape index (κ2) is 6.86. The van der Waals surface area contributed by atoms with E-state index in [-0.39, 0.29) is 0 Å². The van der Waals surface area contributed by atoms with Gasteiger partial charge in [-0.1, -0.05) is 45.9 Å². The summed E-state index contributed by atoms with van der Waals surface area (Å²) >= 11 is 0. The van der Waals surface area contributed by atoms with Crippen LogP contribution in [-0.2, 0) is 0 Å². The molecule has 0 aromatic heterocycles. The van der Waals surface area contributed by atoms with Crippen LogP contribution < -0.4 is 0 Å². The molecule has 0 unspecified atom stereocenters. The Hall–Kier alpha value is -0.520. The van der Waals surface area contributed by atoms with Crippen LogP contribution in [0.25, 0.3) is 0 Å². The summed E-state index contributed by atoms with van der Waals surface area (Å²) in [6.07, 6.45) is 11.5. The summed E-state index contributed by atoms with van der Waals surface area (Å²) in [4.78, 5) is 0. The molecule has 0 aliphatic carbocycles. The van der Waals surface area contributed by atoms with Gasteiger partial charge in [-0.05, 0) is 37.0 Å². The molecule has 0 fully saturated rings. The highest BCUT2D eigenvalue weighted by Crippen LogP contribution is 2.26. The number of rotatable bonds is 7. The third kappa shape index (κ3) is 6.01. The molecule has 0 radical (unpaired) electrons. The van der Waals surface area contributed by atoms with Crippen LogP contribution >= 0.6 is 0 Å². The monoisotopic (exact) mass is 194 g/mol. The van der Waals surface area contributed by atoms with Gasteiger partial charge in [-0.2, -0.15) is 0 Å². The lowest BCUT2D eigenvalue weighted by Crippen LogP contribution is -2.08. The van der Waals surface area contributed by atoms with Crippen molar-refractivity contribution in [2.75, 3.05) is 0 Å². The van der Waals surface area contributed by atoms with E-state index in [1.807, 2.05) is 6.08 Å². The Morgan fingerprint density at radius 1 is 1.14 bits per heavy atom. The molecule has 0 spiro atoms. The fraction of sp³-hybridized carbons (Fsp3) is 0.714. The predicted octanol–water partition coefficient (Wildman–Crippen LogP) is 4.97. The molecule has 0 heteroatoms. The smallest absolute Gasteiger partial charge is 0.0239 e. The van der Waals surface area contributed by atoms with Crippen LogP contribution in [-0.4, -0.2) is 0 Å². The van der Waals surface area contributed by atoms with E-state index in [1.165, 1.54) is 12.8 Å². The first kappa shape index (κ1) is 13.5. The summed E-state index contributed by atoms with van der Waals surface area (Å²) < 4.78 is 0. The first-order chi connectivity index (χ1) is 6.55. The molecule has 0 nitrogen and oxygen atoms in total. The second-order valence-electron chi connectivity index (χ2n) is 4.87. The topological polar surface area (TPSA) is 0 Å². The minimum Gasteiger partial charge on any atom is -0.103 e. The van der Waals surface area contributed by atoms with Crippen LogP contribution in [0.5, 0.6) is 0 Å². The summed E-state index contributed by atoms with van der Waals surface area (Å²) in [5, 5.41) is 0. The van der Waals surface area contributed by atoms with Crippen LogP contribution in [0, 0.1) is 11.3 Å². The van der Waals surface area contributed by atoms with Gasteiger partial charge in [0.2, 0.25) is 0 Å². The van der Waals surface area contributed by atoms with Crippen LogP contribution in [0.3, 0.4) is 0 Å². The van der Waals surface area contributed by atoms with Crippen molar-refractivity contribution in [3.8, 4) is 0 Å². The maximum atomic E-state index is 3.80. The third-order valence-electron chi connectivity index (χ3n) is 2.82. The zero-order chi connectivity index (χ0) is 11.0. The minimum absolute atomic E-state index is 0.379. The molecule has 0 aliphatic heterocycles. The average Bonchev–Trinajstić information content (AvgIpc) is 2.12. The maximum Gasteiger partial charge on any atom is -0.0239 e. The molecule has 0 N–H and O–H groups in total. The van der Waals surface area contributed by atoms with Gasteiger partial charge in [-0.25, -0.2) is 0 Å². The summed E-state index contributed by atoms with van der Waals surface area (Å²) in [6.45, 7) is 12.9. The van der Waals surface area contributed by atoms with Crippen LogP contribution in [0.4, 0.5) is 0 Å². The maximum absolute atomic E-state index is 3.80. The Morgan fingerprint density at radius 2 is 1.71 bits per heavy atom. The van der Waals surface area contributed by atoms with Crippen molar-refractivity contribution in [3.05, 3.63) is 24.8 Å². The van der Waals surface area contributed by atoms with Gasteiger partial charge in [0.1, 0.15) is 0 Å². The molecule has 0 saturated heterocycles. The Bertz CT molecular complexity index is 170.